The highest BCUT2D eigenvalue weighted by Gasteiger charge is 2.08. The Bertz CT molecular complexity index is 497. The molecule has 0 bridgehead atoms. The average Bonchev–Trinajstić information content (AvgIpc) is 2.71. The highest BCUT2D eigenvalue weighted by atomic mass is 32.2. The zero-order valence-corrected chi connectivity index (χ0v) is 9.52. The molecule has 16 heavy (non-hydrogen) atoms. The van der Waals surface area contributed by atoms with E-state index in [9.17, 15) is 0 Å². The molecule has 0 aromatic carbocycles. The maximum atomic E-state index is 8.79. The predicted octanol–water partition coefficient (Wildman–Crippen LogP) is 1.10. The number of allylic oxidation sites excluding steroid dienone is 1. The van der Waals surface area contributed by atoms with Crippen molar-refractivity contribution in [2.45, 2.75) is 11.6 Å². The first-order valence-electron chi connectivity index (χ1n) is 4.88. The molecule has 84 valence electrons. The second-order valence-corrected chi connectivity index (χ2v) is 4.19. The number of nitrogens with zero attached hydrogens (tertiary/aromatic N) is 4. The van der Waals surface area contributed by atoms with Gasteiger partial charge in [-0.2, -0.15) is 5.10 Å². The van der Waals surface area contributed by atoms with Crippen LogP contribution < -0.4 is 0 Å². The van der Waals surface area contributed by atoms with Crippen LogP contribution in [0.3, 0.4) is 0 Å². The van der Waals surface area contributed by atoms with Gasteiger partial charge in [0.15, 0.2) is 5.65 Å². The molecular weight excluding hydrogens is 224 g/mol. The first-order valence-corrected chi connectivity index (χ1v) is 5.86. The fourth-order valence-corrected chi connectivity index (χ4v) is 2.09. The van der Waals surface area contributed by atoms with Crippen LogP contribution in [-0.4, -0.2) is 37.2 Å². The SMILES string of the molecule is C=CCn1ncc2c(SCCO)ncnc21. The minimum Gasteiger partial charge on any atom is -0.396 e. The summed E-state index contributed by atoms with van der Waals surface area (Å²) in [4.78, 5) is 8.37. The topological polar surface area (TPSA) is 63.8 Å². The number of aromatic nitrogens is 4. The van der Waals surface area contributed by atoms with Gasteiger partial charge in [0.25, 0.3) is 0 Å². The van der Waals surface area contributed by atoms with Crippen molar-refractivity contribution in [3.05, 3.63) is 25.2 Å². The third kappa shape index (κ3) is 2.07. The molecule has 0 spiro atoms. The van der Waals surface area contributed by atoms with E-state index in [1.807, 2.05) is 0 Å². The summed E-state index contributed by atoms with van der Waals surface area (Å²) in [6.45, 7) is 4.44. The van der Waals surface area contributed by atoms with Crippen LogP contribution in [0.25, 0.3) is 11.0 Å². The van der Waals surface area contributed by atoms with Crippen molar-refractivity contribution in [3.8, 4) is 0 Å². The molecule has 0 aliphatic heterocycles. The normalized spacial score (nSPS) is 10.8. The van der Waals surface area contributed by atoms with Crippen molar-refractivity contribution < 1.29 is 5.11 Å². The van der Waals surface area contributed by atoms with Gasteiger partial charge < -0.3 is 5.11 Å². The van der Waals surface area contributed by atoms with Gasteiger partial charge >= 0.3 is 0 Å². The third-order valence-corrected chi connectivity index (χ3v) is 3.01. The Kier molecular flexibility index (Phi) is 3.53. The Hall–Kier alpha value is -1.40. The van der Waals surface area contributed by atoms with Crippen molar-refractivity contribution in [2.24, 2.45) is 0 Å². The predicted molar refractivity (Wildman–Crippen MR) is 63.3 cm³/mol. The van der Waals surface area contributed by atoms with Crippen LogP contribution in [0.1, 0.15) is 0 Å². The maximum Gasteiger partial charge on any atom is 0.162 e. The van der Waals surface area contributed by atoms with Crippen LogP contribution in [0.2, 0.25) is 0 Å². The lowest BCUT2D eigenvalue weighted by Gasteiger charge is -2.00. The van der Waals surface area contributed by atoms with Crippen LogP contribution in [0.4, 0.5) is 0 Å². The van der Waals surface area contributed by atoms with Crippen molar-refractivity contribution in [3.63, 3.8) is 0 Å². The van der Waals surface area contributed by atoms with Gasteiger partial charge in [-0.25, -0.2) is 14.6 Å². The molecule has 0 atom stereocenters. The van der Waals surface area contributed by atoms with Crippen LogP contribution in [-0.2, 0) is 6.54 Å². The van der Waals surface area contributed by atoms with Crippen LogP contribution in [0, 0.1) is 0 Å². The van der Waals surface area contributed by atoms with E-state index in [4.69, 9.17) is 5.11 Å². The smallest absolute Gasteiger partial charge is 0.162 e. The minimum absolute atomic E-state index is 0.136. The average molecular weight is 236 g/mol. The summed E-state index contributed by atoms with van der Waals surface area (Å²) >= 11 is 1.50. The maximum absolute atomic E-state index is 8.79. The van der Waals surface area contributed by atoms with Gasteiger partial charge in [0.1, 0.15) is 11.4 Å². The standard InChI is InChI=1S/C10H12N4OS/c1-2-3-14-9-8(6-13-14)10(12-7-11-9)16-5-4-15/h2,6-7,15H,1,3-5H2. The molecule has 0 aliphatic rings. The van der Waals surface area contributed by atoms with Gasteiger partial charge in [0, 0.05) is 5.75 Å². The number of rotatable bonds is 5. The molecule has 0 amide bonds. The summed E-state index contributed by atoms with van der Waals surface area (Å²) in [6.07, 6.45) is 5.04. The number of fused-ring (bicyclic) bond motifs is 1. The summed E-state index contributed by atoms with van der Waals surface area (Å²) in [5.74, 6) is 0.624. The molecular formula is C10H12N4OS. The third-order valence-electron chi connectivity index (χ3n) is 2.03. The lowest BCUT2D eigenvalue weighted by Crippen LogP contribution is -1.98. The summed E-state index contributed by atoms with van der Waals surface area (Å²) in [6, 6.07) is 0. The highest BCUT2D eigenvalue weighted by Crippen LogP contribution is 2.23. The number of aliphatic hydroxyl groups excluding tert-OH is 1. The zero-order chi connectivity index (χ0) is 11.4. The van der Waals surface area contributed by atoms with Crippen LogP contribution >= 0.6 is 11.8 Å². The summed E-state index contributed by atoms with van der Waals surface area (Å²) in [5.41, 5.74) is 0.801. The Morgan fingerprint density at radius 2 is 2.38 bits per heavy atom. The van der Waals surface area contributed by atoms with E-state index >= 15 is 0 Å². The second-order valence-electron chi connectivity index (χ2n) is 3.10. The Morgan fingerprint density at radius 1 is 1.50 bits per heavy atom. The van der Waals surface area contributed by atoms with Gasteiger partial charge in [-0.15, -0.1) is 18.3 Å². The van der Waals surface area contributed by atoms with Gasteiger partial charge in [-0.3, -0.25) is 0 Å². The molecule has 0 fully saturated rings. The molecule has 2 heterocycles. The molecule has 2 aromatic rings. The summed E-state index contributed by atoms with van der Waals surface area (Å²) < 4.78 is 1.77. The van der Waals surface area contributed by atoms with E-state index in [2.05, 4.69) is 21.6 Å². The number of hydrogen-bond donors (Lipinski definition) is 1. The fourth-order valence-electron chi connectivity index (χ4n) is 1.38. The van der Waals surface area contributed by atoms with E-state index in [0.717, 1.165) is 16.1 Å². The quantitative estimate of drug-likeness (QED) is 0.478. The van der Waals surface area contributed by atoms with E-state index in [0.29, 0.717) is 12.3 Å². The van der Waals surface area contributed by atoms with E-state index in [1.165, 1.54) is 18.1 Å². The Balaban J connectivity index is 2.40. The lowest BCUT2D eigenvalue weighted by molar-refractivity contribution is 0.322. The number of thioether (sulfide) groups is 1. The summed E-state index contributed by atoms with van der Waals surface area (Å²) in [5, 5.41) is 14.8. The van der Waals surface area contributed by atoms with Gasteiger partial charge in [0.2, 0.25) is 0 Å². The monoisotopic (exact) mass is 236 g/mol. The highest BCUT2D eigenvalue weighted by molar-refractivity contribution is 7.99. The largest absolute Gasteiger partial charge is 0.396 e. The molecule has 6 heteroatoms. The second kappa shape index (κ2) is 5.09. The molecule has 2 aromatic heterocycles. The zero-order valence-electron chi connectivity index (χ0n) is 8.70. The van der Waals surface area contributed by atoms with Gasteiger partial charge in [0.05, 0.1) is 24.7 Å². The van der Waals surface area contributed by atoms with E-state index in [-0.39, 0.29) is 6.61 Å². The Labute approximate surface area is 97.2 Å². The van der Waals surface area contributed by atoms with Crippen molar-refractivity contribution in [1.82, 2.24) is 19.7 Å². The van der Waals surface area contributed by atoms with E-state index in [1.54, 1.807) is 17.0 Å². The first-order chi connectivity index (χ1) is 7.86. The molecule has 0 saturated heterocycles. The molecule has 0 saturated carbocycles. The molecule has 0 aliphatic carbocycles. The molecule has 2 rings (SSSR count). The lowest BCUT2D eigenvalue weighted by atomic mass is 10.4. The molecule has 5 nitrogen and oxygen atoms in total. The van der Waals surface area contributed by atoms with Crippen molar-refractivity contribution >= 4 is 22.8 Å². The van der Waals surface area contributed by atoms with Crippen LogP contribution in [0.15, 0.2) is 30.2 Å². The first kappa shape index (κ1) is 11.1. The molecule has 1 N–H and O–H groups in total. The molecule has 0 unspecified atom stereocenters. The minimum atomic E-state index is 0.136. The molecule has 0 radical (unpaired) electrons. The Morgan fingerprint density at radius 3 is 3.12 bits per heavy atom. The van der Waals surface area contributed by atoms with Crippen molar-refractivity contribution in [2.75, 3.05) is 12.4 Å². The van der Waals surface area contributed by atoms with Crippen LogP contribution in [0.5, 0.6) is 0 Å². The van der Waals surface area contributed by atoms with Gasteiger partial charge in [-0.05, 0) is 0 Å². The number of hydrogen-bond acceptors (Lipinski definition) is 5. The number of aliphatic hydroxyl groups is 1. The van der Waals surface area contributed by atoms with Gasteiger partial charge in [-0.1, -0.05) is 6.08 Å². The summed E-state index contributed by atoms with van der Waals surface area (Å²) in [7, 11) is 0. The fraction of sp³-hybridized carbons (Fsp3) is 0.300. The van der Waals surface area contributed by atoms with Crippen molar-refractivity contribution in [1.29, 1.82) is 0 Å². The van der Waals surface area contributed by atoms with E-state index < -0.39 is 0 Å².